The van der Waals surface area contributed by atoms with E-state index in [1.165, 1.54) is 16.5 Å². The van der Waals surface area contributed by atoms with Crippen molar-refractivity contribution >= 4 is 10.9 Å². The van der Waals surface area contributed by atoms with Crippen LogP contribution < -0.4 is 0 Å². The monoisotopic (exact) mass is 201 g/mol. The Hall–Kier alpha value is -1.54. The third-order valence-electron chi connectivity index (χ3n) is 2.53. The number of H-pyrrole nitrogens is 1. The van der Waals surface area contributed by atoms with Gasteiger partial charge in [0, 0.05) is 17.1 Å². The molecule has 0 saturated heterocycles. The molecule has 0 radical (unpaired) electrons. The number of aliphatic hydroxyl groups is 1. The van der Waals surface area contributed by atoms with E-state index in [0.29, 0.717) is 0 Å². The minimum absolute atomic E-state index is 0.133. The number of hydrogen-bond donors (Lipinski definition) is 2. The van der Waals surface area contributed by atoms with Gasteiger partial charge in [-0.2, -0.15) is 0 Å². The van der Waals surface area contributed by atoms with Crippen molar-refractivity contribution in [1.29, 1.82) is 0 Å². The number of para-hydroxylation sites is 1. The quantitative estimate of drug-likeness (QED) is 0.733. The Morgan fingerprint density at radius 2 is 2.07 bits per heavy atom. The zero-order valence-electron chi connectivity index (χ0n) is 8.61. The first-order valence-electron chi connectivity index (χ1n) is 5.22. The van der Waals surface area contributed by atoms with Gasteiger partial charge in [0.1, 0.15) is 0 Å². The molecule has 78 valence electrons. The first-order chi connectivity index (χ1) is 7.42. The van der Waals surface area contributed by atoms with E-state index in [1.807, 2.05) is 12.1 Å². The van der Waals surface area contributed by atoms with E-state index < -0.39 is 0 Å². The third kappa shape index (κ3) is 2.28. The fourth-order valence-corrected chi connectivity index (χ4v) is 1.77. The van der Waals surface area contributed by atoms with Gasteiger partial charge in [0.05, 0.1) is 6.61 Å². The Kier molecular flexibility index (Phi) is 3.20. The SMILES string of the molecule is OC/C=C/CCc1c[nH]c2ccccc12. The van der Waals surface area contributed by atoms with Gasteiger partial charge in [-0.1, -0.05) is 30.4 Å². The van der Waals surface area contributed by atoms with Gasteiger partial charge in [-0.15, -0.1) is 0 Å². The lowest BCUT2D eigenvalue weighted by Gasteiger charge is -1.95. The second-order valence-electron chi connectivity index (χ2n) is 3.55. The van der Waals surface area contributed by atoms with Gasteiger partial charge >= 0.3 is 0 Å². The summed E-state index contributed by atoms with van der Waals surface area (Å²) < 4.78 is 0. The van der Waals surface area contributed by atoms with Crippen LogP contribution in [0.15, 0.2) is 42.6 Å². The molecule has 15 heavy (non-hydrogen) atoms. The van der Waals surface area contributed by atoms with Gasteiger partial charge in [-0.25, -0.2) is 0 Å². The van der Waals surface area contributed by atoms with Crippen LogP contribution in [0.4, 0.5) is 0 Å². The van der Waals surface area contributed by atoms with Crippen LogP contribution in [0.3, 0.4) is 0 Å². The van der Waals surface area contributed by atoms with Crippen molar-refractivity contribution in [3.8, 4) is 0 Å². The topological polar surface area (TPSA) is 36.0 Å². The summed E-state index contributed by atoms with van der Waals surface area (Å²) in [5.74, 6) is 0. The first-order valence-corrected chi connectivity index (χ1v) is 5.22. The number of aryl methyl sites for hydroxylation is 1. The maximum atomic E-state index is 8.60. The Labute approximate surface area is 89.3 Å². The van der Waals surface area contributed by atoms with Crippen LogP contribution in [-0.4, -0.2) is 16.7 Å². The predicted octanol–water partition coefficient (Wildman–Crippen LogP) is 2.65. The lowest BCUT2D eigenvalue weighted by Crippen LogP contribution is -1.81. The first kappa shape index (κ1) is 9.99. The zero-order valence-corrected chi connectivity index (χ0v) is 8.61. The minimum atomic E-state index is 0.133. The molecule has 0 bridgehead atoms. The van der Waals surface area contributed by atoms with Crippen LogP contribution in [0.25, 0.3) is 10.9 Å². The number of aromatic nitrogens is 1. The number of allylic oxidation sites excluding steroid dienone is 1. The van der Waals surface area contributed by atoms with E-state index >= 15 is 0 Å². The van der Waals surface area contributed by atoms with Crippen molar-refractivity contribution in [2.24, 2.45) is 0 Å². The molecule has 0 amide bonds. The van der Waals surface area contributed by atoms with E-state index in [9.17, 15) is 0 Å². The molecule has 0 aliphatic heterocycles. The van der Waals surface area contributed by atoms with Crippen LogP contribution in [0.2, 0.25) is 0 Å². The Bertz CT molecular complexity index is 456. The maximum absolute atomic E-state index is 8.60. The van der Waals surface area contributed by atoms with E-state index in [1.54, 1.807) is 6.08 Å². The summed E-state index contributed by atoms with van der Waals surface area (Å²) in [6.07, 6.45) is 7.86. The van der Waals surface area contributed by atoms with E-state index in [4.69, 9.17) is 5.11 Å². The standard InChI is InChI=1S/C13H15NO/c15-9-5-1-2-6-11-10-14-13-8-4-3-7-12(11)13/h1,3-5,7-8,10,14-15H,2,6,9H2/b5-1+. The highest BCUT2D eigenvalue weighted by Gasteiger charge is 2.00. The Morgan fingerprint density at radius 1 is 1.20 bits per heavy atom. The lowest BCUT2D eigenvalue weighted by molar-refractivity contribution is 0.342. The molecule has 2 nitrogen and oxygen atoms in total. The summed E-state index contributed by atoms with van der Waals surface area (Å²) in [7, 11) is 0. The van der Waals surface area contributed by atoms with Gasteiger partial charge in [0.25, 0.3) is 0 Å². The second-order valence-corrected chi connectivity index (χ2v) is 3.55. The van der Waals surface area contributed by atoms with Crippen LogP contribution in [-0.2, 0) is 6.42 Å². The molecule has 2 N–H and O–H groups in total. The minimum Gasteiger partial charge on any atom is -0.392 e. The lowest BCUT2D eigenvalue weighted by atomic mass is 10.1. The smallest absolute Gasteiger partial charge is 0.0612 e. The predicted molar refractivity (Wildman–Crippen MR) is 62.8 cm³/mol. The molecule has 1 heterocycles. The van der Waals surface area contributed by atoms with Gasteiger partial charge < -0.3 is 10.1 Å². The van der Waals surface area contributed by atoms with Crippen molar-refractivity contribution in [1.82, 2.24) is 4.98 Å². The highest BCUT2D eigenvalue weighted by molar-refractivity contribution is 5.82. The number of fused-ring (bicyclic) bond motifs is 1. The fourth-order valence-electron chi connectivity index (χ4n) is 1.77. The number of aliphatic hydroxyl groups excluding tert-OH is 1. The van der Waals surface area contributed by atoms with Crippen molar-refractivity contribution in [2.45, 2.75) is 12.8 Å². The second kappa shape index (κ2) is 4.80. The number of nitrogens with one attached hydrogen (secondary N) is 1. The normalized spacial score (nSPS) is 11.5. The Morgan fingerprint density at radius 3 is 2.93 bits per heavy atom. The van der Waals surface area contributed by atoms with Crippen molar-refractivity contribution in [3.05, 3.63) is 48.2 Å². The fraction of sp³-hybridized carbons (Fsp3) is 0.231. The molecule has 0 atom stereocenters. The number of aromatic amines is 1. The summed E-state index contributed by atoms with van der Waals surface area (Å²) in [6.45, 7) is 0.133. The molecule has 1 aromatic carbocycles. The molecule has 0 fully saturated rings. The zero-order chi connectivity index (χ0) is 10.5. The molecule has 0 unspecified atom stereocenters. The molecule has 2 aromatic rings. The molecule has 0 saturated carbocycles. The molecule has 0 aliphatic carbocycles. The molecule has 0 spiro atoms. The average Bonchev–Trinajstić information content (AvgIpc) is 2.68. The average molecular weight is 201 g/mol. The largest absolute Gasteiger partial charge is 0.392 e. The van der Waals surface area contributed by atoms with Crippen molar-refractivity contribution in [2.75, 3.05) is 6.61 Å². The Balaban J connectivity index is 2.11. The van der Waals surface area contributed by atoms with Crippen molar-refractivity contribution < 1.29 is 5.11 Å². The summed E-state index contributed by atoms with van der Waals surface area (Å²) in [6, 6.07) is 8.32. The molecule has 1 aromatic heterocycles. The van der Waals surface area contributed by atoms with Gasteiger partial charge in [0.2, 0.25) is 0 Å². The molecule has 2 heteroatoms. The van der Waals surface area contributed by atoms with Crippen LogP contribution >= 0.6 is 0 Å². The summed E-state index contributed by atoms with van der Waals surface area (Å²) >= 11 is 0. The highest BCUT2D eigenvalue weighted by Crippen LogP contribution is 2.18. The van der Waals surface area contributed by atoms with Crippen LogP contribution in [0.1, 0.15) is 12.0 Å². The number of rotatable bonds is 4. The van der Waals surface area contributed by atoms with Gasteiger partial charge in [0.15, 0.2) is 0 Å². The number of benzene rings is 1. The van der Waals surface area contributed by atoms with Crippen molar-refractivity contribution in [3.63, 3.8) is 0 Å². The summed E-state index contributed by atoms with van der Waals surface area (Å²) in [4.78, 5) is 3.26. The number of hydrogen-bond acceptors (Lipinski definition) is 1. The maximum Gasteiger partial charge on any atom is 0.0612 e. The van der Waals surface area contributed by atoms with Gasteiger partial charge in [-0.05, 0) is 24.5 Å². The van der Waals surface area contributed by atoms with Crippen LogP contribution in [0.5, 0.6) is 0 Å². The summed E-state index contributed by atoms with van der Waals surface area (Å²) in [5.41, 5.74) is 2.53. The summed E-state index contributed by atoms with van der Waals surface area (Å²) in [5, 5.41) is 9.90. The highest BCUT2D eigenvalue weighted by atomic mass is 16.2. The molecular weight excluding hydrogens is 186 g/mol. The third-order valence-corrected chi connectivity index (χ3v) is 2.53. The van der Waals surface area contributed by atoms with E-state index in [-0.39, 0.29) is 6.61 Å². The van der Waals surface area contributed by atoms with Gasteiger partial charge in [-0.3, -0.25) is 0 Å². The molecule has 2 rings (SSSR count). The van der Waals surface area contributed by atoms with E-state index in [0.717, 1.165) is 12.8 Å². The van der Waals surface area contributed by atoms with Crippen LogP contribution in [0, 0.1) is 0 Å². The molecular formula is C13H15NO. The molecule has 0 aliphatic rings. The van der Waals surface area contributed by atoms with E-state index in [2.05, 4.69) is 29.4 Å².